The van der Waals surface area contributed by atoms with E-state index in [2.05, 4.69) is 10.3 Å². The molecule has 0 saturated carbocycles. The summed E-state index contributed by atoms with van der Waals surface area (Å²) in [6, 6.07) is 18.4. The fourth-order valence-corrected chi connectivity index (χ4v) is 1.82. The van der Waals surface area contributed by atoms with Gasteiger partial charge < -0.3 is 15.2 Å². The minimum absolute atomic E-state index is 0.0483. The quantitative estimate of drug-likeness (QED) is 0.298. The molecule has 0 saturated heterocycles. The van der Waals surface area contributed by atoms with Crippen LogP contribution in [0.4, 0.5) is 13.2 Å². The lowest BCUT2D eigenvalue weighted by molar-refractivity contribution is -0.516. The van der Waals surface area contributed by atoms with Crippen molar-refractivity contribution in [3.63, 3.8) is 0 Å². The number of nitrogens with two attached hydrogens (primary N) is 2. The van der Waals surface area contributed by atoms with Crippen LogP contribution in [0.5, 0.6) is 0 Å². The molecule has 0 radical (unpaired) electrons. The standard InChI is InChI=1S/C15H16N4O.C2HF3O2/c16-15(17)19-13(11-7-3-1-4-8-11)18-14(20)12-9-5-2-6-10-12;3-2(4,5)1(6)7/h1-10,13H,(H,18,20)(H4,16,17,19);(H,6,7). The number of rotatable bonds is 4. The number of carbonyl (C=O) groups excluding carboxylic acids is 2. The van der Waals surface area contributed by atoms with Crippen molar-refractivity contribution in [2.75, 3.05) is 0 Å². The van der Waals surface area contributed by atoms with Gasteiger partial charge in [-0.2, -0.15) is 13.2 Å². The minimum Gasteiger partial charge on any atom is -0.542 e. The van der Waals surface area contributed by atoms with E-state index in [9.17, 15) is 18.0 Å². The number of hydrogen-bond donors (Lipinski definition) is 4. The molecule has 144 valence electrons. The van der Waals surface area contributed by atoms with Gasteiger partial charge in [-0.3, -0.25) is 21.3 Å². The van der Waals surface area contributed by atoms with Gasteiger partial charge in [0.05, 0.1) is 0 Å². The number of hydrogen-bond acceptors (Lipinski definition) is 3. The molecule has 7 nitrogen and oxygen atoms in total. The average molecular weight is 382 g/mol. The predicted molar refractivity (Wildman–Crippen MR) is 88.5 cm³/mol. The number of halogens is 3. The minimum atomic E-state index is -5.19. The second kappa shape index (κ2) is 9.80. The highest BCUT2D eigenvalue weighted by Gasteiger charge is 2.28. The Morgan fingerprint density at radius 1 is 0.963 bits per heavy atom. The Bertz CT molecular complexity index is 777. The van der Waals surface area contributed by atoms with Crippen LogP contribution in [0.15, 0.2) is 60.7 Å². The molecular formula is C17H17F3N4O3. The van der Waals surface area contributed by atoms with Gasteiger partial charge in [-0.15, -0.1) is 0 Å². The van der Waals surface area contributed by atoms with Crippen molar-refractivity contribution >= 4 is 17.8 Å². The Morgan fingerprint density at radius 3 is 1.81 bits per heavy atom. The Kier molecular flexibility index (Phi) is 7.80. The summed E-state index contributed by atoms with van der Waals surface area (Å²) in [5, 5.41) is 11.6. The fourth-order valence-electron chi connectivity index (χ4n) is 1.82. The van der Waals surface area contributed by atoms with Crippen LogP contribution in [0.3, 0.4) is 0 Å². The summed E-state index contributed by atoms with van der Waals surface area (Å²) < 4.78 is 31.5. The fraction of sp³-hybridized carbons (Fsp3) is 0.118. The van der Waals surface area contributed by atoms with E-state index in [-0.39, 0.29) is 11.9 Å². The molecule has 0 aromatic heterocycles. The normalized spacial score (nSPS) is 11.4. The van der Waals surface area contributed by atoms with E-state index in [1.165, 1.54) is 0 Å². The van der Waals surface area contributed by atoms with Crippen LogP contribution in [-0.4, -0.2) is 24.0 Å². The number of carbonyl (C=O) groups is 2. The van der Waals surface area contributed by atoms with Crippen LogP contribution >= 0.6 is 0 Å². The van der Waals surface area contributed by atoms with Gasteiger partial charge in [0.25, 0.3) is 5.91 Å². The first-order chi connectivity index (χ1) is 12.6. The number of carboxylic acids is 1. The maximum absolute atomic E-state index is 12.2. The molecule has 0 spiro atoms. The molecule has 0 heterocycles. The molecule has 2 aromatic rings. The SMILES string of the molecule is NC(N)=[NH+]C(NC(=O)c1ccccc1)c1ccccc1.O=C([O-])C(F)(F)F. The zero-order valence-electron chi connectivity index (χ0n) is 13.9. The number of aliphatic carboxylic acids is 1. The molecule has 27 heavy (non-hydrogen) atoms. The average Bonchev–Trinajstić information content (AvgIpc) is 2.62. The molecule has 0 aliphatic carbocycles. The molecular weight excluding hydrogens is 365 g/mol. The van der Waals surface area contributed by atoms with Crippen LogP contribution in [0, 0.1) is 0 Å². The predicted octanol–water partition coefficient (Wildman–Crippen LogP) is -1.23. The Labute approximate surface area is 152 Å². The molecule has 1 amide bonds. The summed E-state index contributed by atoms with van der Waals surface area (Å²) in [7, 11) is 0. The summed E-state index contributed by atoms with van der Waals surface area (Å²) in [6.07, 6.45) is -5.67. The van der Waals surface area contributed by atoms with Gasteiger partial charge in [0.1, 0.15) is 5.97 Å². The molecule has 1 atom stereocenters. The van der Waals surface area contributed by atoms with E-state index in [0.717, 1.165) is 5.56 Å². The van der Waals surface area contributed by atoms with Crippen molar-refractivity contribution in [1.82, 2.24) is 5.32 Å². The van der Waals surface area contributed by atoms with E-state index in [1.807, 2.05) is 48.5 Å². The highest BCUT2D eigenvalue weighted by atomic mass is 19.4. The molecule has 6 N–H and O–H groups in total. The van der Waals surface area contributed by atoms with Crippen LogP contribution in [0.25, 0.3) is 0 Å². The van der Waals surface area contributed by atoms with Crippen LogP contribution in [0.2, 0.25) is 0 Å². The van der Waals surface area contributed by atoms with Crippen molar-refractivity contribution in [1.29, 1.82) is 0 Å². The Hall–Kier alpha value is -3.56. The zero-order chi connectivity index (χ0) is 20.4. The molecule has 0 fully saturated rings. The van der Waals surface area contributed by atoms with Crippen LogP contribution in [-0.2, 0) is 4.79 Å². The van der Waals surface area contributed by atoms with E-state index in [1.54, 1.807) is 12.1 Å². The third kappa shape index (κ3) is 7.90. The summed E-state index contributed by atoms with van der Waals surface area (Å²) in [6.45, 7) is 0. The molecule has 2 rings (SSSR count). The van der Waals surface area contributed by atoms with Crippen LogP contribution in [0.1, 0.15) is 22.1 Å². The van der Waals surface area contributed by atoms with Gasteiger partial charge in [0.2, 0.25) is 0 Å². The second-order valence-corrected chi connectivity index (χ2v) is 5.07. The van der Waals surface area contributed by atoms with E-state index < -0.39 is 18.3 Å². The Morgan fingerprint density at radius 2 is 1.41 bits per heavy atom. The maximum atomic E-state index is 12.2. The second-order valence-electron chi connectivity index (χ2n) is 5.07. The van der Waals surface area contributed by atoms with Gasteiger partial charge in [0.15, 0.2) is 6.17 Å². The van der Waals surface area contributed by atoms with Crippen molar-refractivity contribution < 1.29 is 32.9 Å². The van der Waals surface area contributed by atoms with Gasteiger partial charge in [-0.1, -0.05) is 48.5 Å². The number of nitrogens with one attached hydrogen (secondary N) is 2. The van der Waals surface area contributed by atoms with Gasteiger partial charge >= 0.3 is 12.1 Å². The van der Waals surface area contributed by atoms with E-state index in [4.69, 9.17) is 21.4 Å². The van der Waals surface area contributed by atoms with E-state index >= 15 is 0 Å². The number of alkyl halides is 3. The molecule has 1 unspecified atom stereocenters. The third-order valence-electron chi connectivity index (χ3n) is 2.99. The van der Waals surface area contributed by atoms with Crippen molar-refractivity contribution in [2.24, 2.45) is 11.5 Å². The molecule has 10 heteroatoms. The third-order valence-corrected chi connectivity index (χ3v) is 2.99. The highest BCUT2D eigenvalue weighted by molar-refractivity contribution is 5.94. The molecule has 2 aromatic carbocycles. The molecule has 0 aliphatic rings. The first-order valence-electron chi connectivity index (χ1n) is 7.44. The van der Waals surface area contributed by atoms with Gasteiger partial charge in [0, 0.05) is 11.1 Å². The first kappa shape index (κ1) is 21.5. The van der Waals surface area contributed by atoms with E-state index in [0.29, 0.717) is 5.56 Å². The monoisotopic (exact) mass is 382 g/mol. The smallest absolute Gasteiger partial charge is 0.430 e. The van der Waals surface area contributed by atoms with Gasteiger partial charge in [-0.05, 0) is 12.1 Å². The lowest BCUT2D eigenvalue weighted by atomic mass is 10.1. The number of guanidine groups is 1. The zero-order valence-corrected chi connectivity index (χ0v) is 13.9. The first-order valence-corrected chi connectivity index (χ1v) is 7.44. The number of carboxylic acid groups (broad SMARTS) is 1. The largest absolute Gasteiger partial charge is 0.542 e. The lowest BCUT2D eigenvalue weighted by Crippen LogP contribution is -2.82. The highest BCUT2D eigenvalue weighted by Crippen LogP contribution is 2.11. The lowest BCUT2D eigenvalue weighted by Gasteiger charge is -2.14. The maximum Gasteiger partial charge on any atom is 0.430 e. The van der Waals surface area contributed by atoms with Crippen LogP contribution < -0.4 is 26.9 Å². The van der Waals surface area contributed by atoms with Crippen molar-refractivity contribution in [3.8, 4) is 0 Å². The summed E-state index contributed by atoms with van der Waals surface area (Å²) in [4.78, 5) is 23.8. The van der Waals surface area contributed by atoms with Gasteiger partial charge in [-0.25, -0.2) is 0 Å². The van der Waals surface area contributed by atoms with Crippen molar-refractivity contribution in [3.05, 3.63) is 71.8 Å². The number of amides is 1. The summed E-state index contributed by atoms with van der Waals surface area (Å²) in [5.41, 5.74) is 12.4. The molecule has 0 bridgehead atoms. The number of benzene rings is 2. The van der Waals surface area contributed by atoms with Crippen molar-refractivity contribution in [2.45, 2.75) is 12.3 Å². The summed E-state index contributed by atoms with van der Waals surface area (Å²) in [5.74, 6) is -3.16. The Balaban J connectivity index is 0.000000445. The topological polar surface area (TPSA) is 135 Å². The molecule has 0 aliphatic heterocycles. The summed E-state index contributed by atoms with van der Waals surface area (Å²) >= 11 is 0.